The number of hydrogen-bond acceptors (Lipinski definition) is 4. The van der Waals surface area contributed by atoms with Crippen LogP contribution in [0.2, 0.25) is 0 Å². The van der Waals surface area contributed by atoms with Crippen LogP contribution in [0.3, 0.4) is 0 Å². The Balaban J connectivity index is 1.62. The zero-order chi connectivity index (χ0) is 17.8. The minimum Gasteiger partial charge on any atom is -0.347 e. The number of piperidine rings is 1. The number of benzene rings is 1. The van der Waals surface area contributed by atoms with Crippen molar-refractivity contribution in [2.24, 2.45) is 7.05 Å². The molecule has 0 bridgehead atoms. The molecule has 3 rings (SSSR count). The van der Waals surface area contributed by atoms with Crippen molar-refractivity contribution in [1.29, 1.82) is 0 Å². The number of nitrogens with one attached hydrogen (secondary N) is 1. The summed E-state index contributed by atoms with van der Waals surface area (Å²) in [6, 6.07) is 6.32. The molecule has 0 spiro atoms. The smallest absolute Gasteiger partial charge is 0.237 e. The number of halogens is 1. The summed E-state index contributed by atoms with van der Waals surface area (Å²) < 4.78 is 14.9. The lowest BCUT2D eigenvalue weighted by atomic mass is 10.0. The molecule has 0 unspecified atom stereocenters. The Hall–Kier alpha value is -2.28. The Morgan fingerprint density at radius 1 is 1.28 bits per heavy atom. The van der Waals surface area contributed by atoms with Crippen LogP contribution in [0.4, 0.5) is 4.39 Å². The van der Waals surface area contributed by atoms with Gasteiger partial charge in [-0.05, 0) is 44.0 Å². The van der Waals surface area contributed by atoms with Gasteiger partial charge in [0.25, 0.3) is 0 Å². The number of aromatic nitrogens is 3. The van der Waals surface area contributed by atoms with Crippen LogP contribution in [0.5, 0.6) is 0 Å². The first-order valence-electron chi connectivity index (χ1n) is 8.65. The van der Waals surface area contributed by atoms with Gasteiger partial charge in [0.2, 0.25) is 5.91 Å². The van der Waals surface area contributed by atoms with Crippen LogP contribution in [0.15, 0.2) is 24.3 Å². The first-order valence-corrected chi connectivity index (χ1v) is 8.65. The second-order valence-corrected chi connectivity index (χ2v) is 6.55. The maximum absolute atomic E-state index is 13.1. The first kappa shape index (κ1) is 17.5. The van der Waals surface area contributed by atoms with Gasteiger partial charge in [0, 0.05) is 13.6 Å². The van der Waals surface area contributed by atoms with Gasteiger partial charge in [-0.15, -0.1) is 10.2 Å². The second kappa shape index (κ2) is 7.74. The molecule has 0 saturated carbocycles. The molecule has 134 valence electrons. The van der Waals surface area contributed by atoms with E-state index in [1.807, 2.05) is 18.5 Å². The van der Waals surface area contributed by atoms with Crippen molar-refractivity contribution >= 4 is 5.91 Å². The average molecular weight is 345 g/mol. The van der Waals surface area contributed by atoms with Crippen LogP contribution < -0.4 is 5.32 Å². The van der Waals surface area contributed by atoms with Gasteiger partial charge in [-0.1, -0.05) is 18.6 Å². The van der Waals surface area contributed by atoms with Gasteiger partial charge in [-0.3, -0.25) is 9.69 Å². The van der Waals surface area contributed by atoms with E-state index in [1.165, 1.54) is 12.1 Å². The fraction of sp³-hybridized carbons (Fsp3) is 0.500. The van der Waals surface area contributed by atoms with Crippen LogP contribution >= 0.6 is 0 Å². The number of amides is 1. The molecule has 0 radical (unpaired) electrons. The van der Waals surface area contributed by atoms with Crippen molar-refractivity contribution < 1.29 is 9.18 Å². The second-order valence-electron chi connectivity index (χ2n) is 6.55. The van der Waals surface area contributed by atoms with Gasteiger partial charge < -0.3 is 9.88 Å². The SMILES string of the molecule is Cc1nnc(CNC(=O)[C@@H]2CCCCN2Cc2ccc(F)cc2)n1C. The molecule has 1 saturated heterocycles. The van der Waals surface area contributed by atoms with Crippen molar-refractivity contribution in [2.75, 3.05) is 6.54 Å². The Labute approximate surface area is 147 Å². The monoisotopic (exact) mass is 345 g/mol. The lowest BCUT2D eigenvalue weighted by Gasteiger charge is -2.34. The summed E-state index contributed by atoms with van der Waals surface area (Å²) in [4.78, 5) is 14.8. The van der Waals surface area contributed by atoms with Crippen molar-refractivity contribution in [1.82, 2.24) is 25.0 Å². The van der Waals surface area contributed by atoms with Crippen LogP contribution in [0.1, 0.15) is 36.5 Å². The Bertz CT molecular complexity index is 728. The maximum Gasteiger partial charge on any atom is 0.237 e. The highest BCUT2D eigenvalue weighted by atomic mass is 19.1. The standard InChI is InChI=1S/C18H24FN5O/c1-13-21-22-17(23(13)2)11-20-18(25)16-5-3-4-10-24(16)12-14-6-8-15(19)9-7-14/h6-9,16H,3-5,10-12H2,1-2H3,(H,20,25)/t16-/m0/s1. The number of carbonyl (C=O) groups is 1. The number of carbonyl (C=O) groups excluding carboxylic acids is 1. The predicted molar refractivity (Wildman–Crippen MR) is 92.0 cm³/mol. The lowest BCUT2D eigenvalue weighted by molar-refractivity contribution is -0.128. The minimum atomic E-state index is -0.240. The molecular weight excluding hydrogens is 321 g/mol. The Morgan fingerprint density at radius 3 is 2.72 bits per heavy atom. The summed E-state index contributed by atoms with van der Waals surface area (Å²) in [5, 5.41) is 11.1. The normalized spacial score (nSPS) is 18.3. The van der Waals surface area contributed by atoms with E-state index >= 15 is 0 Å². The molecule has 25 heavy (non-hydrogen) atoms. The van der Waals surface area contributed by atoms with Crippen molar-refractivity contribution in [2.45, 2.75) is 45.3 Å². The largest absolute Gasteiger partial charge is 0.347 e. The highest BCUT2D eigenvalue weighted by Gasteiger charge is 2.28. The molecule has 1 atom stereocenters. The predicted octanol–water partition coefficient (Wildman–Crippen LogP) is 1.93. The molecular formula is C18H24FN5O. The van der Waals surface area contributed by atoms with E-state index in [0.717, 1.165) is 43.0 Å². The van der Waals surface area contributed by atoms with Crippen LogP contribution in [-0.4, -0.2) is 38.2 Å². The summed E-state index contributed by atoms with van der Waals surface area (Å²) in [6.45, 7) is 3.78. The first-order chi connectivity index (χ1) is 12.0. The van der Waals surface area contributed by atoms with Crippen LogP contribution in [-0.2, 0) is 24.9 Å². The summed E-state index contributed by atoms with van der Waals surface area (Å²) in [6.07, 6.45) is 2.96. The maximum atomic E-state index is 13.1. The van der Waals surface area contributed by atoms with Gasteiger partial charge in [0.05, 0.1) is 12.6 Å². The third-order valence-electron chi connectivity index (χ3n) is 4.82. The summed E-state index contributed by atoms with van der Waals surface area (Å²) in [7, 11) is 1.89. The Morgan fingerprint density at radius 2 is 2.04 bits per heavy atom. The number of aryl methyl sites for hydroxylation is 1. The van der Waals surface area contributed by atoms with Crippen molar-refractivity contribution in [3.8, 4) is 0 Å². The molecule has 2 aromatic rings. The summed E-state index contributed by atoms with van der Waals surface area (Å²) in [5.74, 6) is 1.34. The van der Waals surface area contributed by atoms with Crippen LogP contribution in [0.25, 0.3) is 0 Å². The number of rotatable bonds is 5. The zero-order valence-corrected chi connectivity index (χ0v) is 14.7. The lowest BCUT2D eigenvalue weighted by Crippen LogP contribution is -2.49. The van der Waals surface area contributed by atoms with Crippen LogP contribution in [0, 0.1) is 12.7 Å². The van der Waals surface area contributed by atoms with E-state index in [1.54, 1.807) is 12.1 Å². The molecule has 1 aliphatic heterocycles. The number of nitrogens with zero attached hydrogens (tertiary/aromatic N) is 4. The number of likely N-dealkylation sites (tertiary alicyclic amines) is 1. The summed E-state index contributed by atoms with van der Waals surface area (Å²) >= 11 is 0. The third-order valence-corrected chi connectivity index (χ3v) is 4.82. The highest BCUT2D eigenvalue weighted by molar-refractivity contribution is 5.81. The van der Waals surface area contributed by atoms with Gasteiger partial charge in [0.1, 0.15) is 11.6 Å². The van der Waals surface area contributed by atoms with E-state index < -0.39 is 0 Å². The van der Waals surface area contributed by atoms with E-state index in [2.05, 4.69) is 20.4 Å². The van der Waals surface area contributed by atoms with E-state index in [9.17, 15) is 9.18 Å². The molecule has 7 heteroatoms. The third kappa shape index (κ3) is 4.22. The molecule has 1 amide bonds. The number of hydrogen-bond donors (Lipinski definition) is 1. The van der Waals surface area contributed by atoms with E-state index in [4.69, 9.17) is 0 Å². The van der Waals surface area contributed by atoms with Crippen molar-refractivity contribution in [3.05, 3.63) is 47.3 Å². The van der Waals surface area contributed by atoms with E-state index in [-0.39, 0.29) is 17.8 Å². The highest BCUT2D eigenvalue weighted by Crippen LogP contribution is 2.20. The molecule has 1 aromatic carbocycles. The van der Waals surface area contributed by atoms with Crippen molar-refractivity contribution in [3.63, 3.8) is 0 Å². The molecule has 1 N–H and O–H groups in total. The van der Waals surface area contributed by atoms with Gasteiger partial charge in [-0.2, -0.15) is 0 Å². The quantitative estimate of drug-likeness (QED) is 0.899. The average Bonchev–Trinajstić information content (AvgIpc) is 2.94. The fourth-order valence-electron chi connectivity index (χ4n) is 3.19. The Kier molecular flexibility index (Phi) is 5.43. The van der Waals surface area contributed by atoms with Gasteiger partial charge in [0.15, 0.2) is 5.82 Å². The molecule has 1 aliphatic rings. The molecule has 1 fully saturated rings. The molecule has 6 nitrogen and oxygen atoms in total. The zero-order valence-electron chi connectivity index (χ0n) is 14.7. The van der Waals surface area contributed by atoms with Gasteiger partial charge >= 0.3 is 0 Å². The molecule has 2 heterocycles. The van der Waals surface area contributed by atoms with E-state index in [0.29, 0.717) is 13.1 Å². The minimum absolute atomic E-state index is 0.0162. The molecule has 1 aromatic heterocycles. The fourth-order valence-corrected chi connectivity index (χ4v) is 3.19. The van der Waals surface area contributed by atoms with Gasteiger partial charge in [-0.25, -0.2) is 4.39 Å². The molecule has 0 aliphatic carbocycles. The summed E-state index contributed by atoms with van der Waals surface area (Å²) in [5.41, 5.74) is 1.02. The topological polar surface area (TPSA) is 63.1 Å².